The number of amides is 1. The number of morpholine rings is 1. The van der Waals surface area contributed by atoms with E-state index >= 15 is 0 Å². The van der Waals surface area contributed by atoms with E-state index in [0.717, 1.165) is 11.1 Å². The molecule has 0 saturated carbocycles. The van der Waals surface area contributed by atoms with Crippen LogP contribution in [0.1, 0.15) is 30.4 Å². The number of hydrogen-bond acceptors (Lipinski definition) is 8. The number of hydrogen-bond donors (Lipinski definition) is 2. The first-order chi connectivity index (χ1) is 17.0. The van der Waals surface area contributed by atoms with Crippen LogP contribution in [0.25, 0.3) is 0 Å². The number of ether oxygens (including phenoxy) is 3. The first-order valence-electron chi connectivity index (χ1n) is 11.9. The van der Waals surface area contributed by atoms with Crippen molar-refractivity contribution in [1.29, 1.82) is 0 Å². The van der Waals surface area contributed by atoms with Crippen LogP contribution in [-0.4, -0.2) is 59.9 Å². The minimum Gasteiger partial charge on any atom is -0.390 e. The van der Waals surface area contributed by atoms with Crippen molar-refractivity contribution in [2.24, 2.45) is 11.5 Å². The Hall–Kier alpha value is -3.11. The SMILES string of the molecule is NCCCC[C@H](N)C(=O)OC(=O)[C@H]1O[C@H]2O[C@@H]1C(=O)N(Cc1ccccc1)[C@@H]2Cc1ccccc1. The third-order valence-corrected chi connectivity index (χ3v) is 6.27. The van der Waals surface area contributed by atoms with Gasteiger partial charge in [-0.05, 0) is 36.9 Å². The van der Waals surface area contributed by atoms with E-state index in [-0.39, 0.29) is 5.91 Å². The van der Waals surface area contributed by atoms with Crippen LogP contribution in [0.2, 0.25) is 0 Å². The van der Waals surface area contributed by atoms with Gasteiger partial charge in [0.25, 0.3) is 5.91 Å². The minimum absolute atomic E-state index is 0.337. The molecule has 9 nitrogen and oxygen atoms in total. The highest BCUT2D eigenvalue weighted by atomic mass is 16.8. The summed E-state index contributed by atoms with van der Waals surface area (Å²) in [6, 6.07) is 17.8. The lowest BCUT2D eigenvalue weighted by molar-refractivity contribution is -0.178. The van der Waals surface area contributed by atoms with E-state index < -0.39 is 42.5 Å². The van der Waals surface area contributed by atoms with E-state index in [1.165, 1.54) is 0 Å². The molecule has 186 valence electrons. The number of rotatable bonds is 10. The maximum atomic E-state index is 13.5. The van der Waals surface area contributed by atoms with Crippen molar-refractivity contribution < 1.29 is 28.6 Å². The second-order valence-electron chi connectivity index (χ2n) is 8.82. The Morgan fingerprint density at radius 1 is 0.971 bits per heavy atom. The molecule has 2 aromatic rings. The van der Waals surface area contributed by atoms with E-state index in [1.807, 2.05) is 60.7 Å². The summed E-state index contributed by atoms with van der Waals surface area (Å²) in [5, 5.41) is 0. The van der Waals surface area contributed by atoms with Gasteiger partial charge in [-0.3, -0.25) is 4.79 Å². The summed E-state index contributed by atoms with van der Waals surface area (Å²) in [7, 11) is 0. The van der Waals surface area contributed by atoms with Crippen LogP contribution < -0.4 is 11.5 Å². The second-order valence-corrected chi connectivity index (χ2v) is 8.82. The average Bonchev–Trinajstić information content (AvgIpc) is 3.28. The van der Waals surface area contributed by atoms with Gasteiger partial charge in [0.2, 0.25) is 0 Å². The number of nitrogens with two attached hydrogens (primary N) is 2. The zero-order valence-corrected chi connectivity index (χ0v) is 19.5. The van der Waals surface area contributed by atoms with Crippen LogP contribution in [0.3, 0.4) is 0 Å². The maximum Gasteiger partial charge on any atom is 0.346 e. The lowest BCUT2D eigenvalue weighted by Gasteiger charge is -2.38. The van der Waals surface area contributed by atoms with Crippen molar-refractivity contribution in [3.63, 3.8) is 0 Å². The highest BCUT2D eigenvalue weighted by Gasteiger charge is 2.56. The van der Waals surface area contributed by atoms with E-state index in [2.05, 4.69) is 0 Å². The zero-order chi connectivity index (χ0) is 24.8. The number of fused-ring (bicyclic) bond motifs is 2. The standard InChI is InChI=1S/C26H31N3O6/c27-14-8-7-13-19(28)24(31)35-25(32)22-21-23(30)29(16-18-11-5-2-6-12-18)20(26(33-21)34-22)15-17-9-3-1-4-10-17/h1-6,9-12,19-22,26H,7-8,13-16,27-28H2/t19-,20+,21-,22-,26+/m0/s1. The smallest absolute Gasteiger partial charge is 0.346 e. The second kappa shape index (κ2) is 11.5. The molecule has 35 heavy (non-hydrogen) atoms. The number of esters is 2. The average molecular weight is 482 g/mol. The van der Waals surface area contributed by atoms with Crippen LogP contribution in [0.5, 0.6) is 0 Å². The van der Waals surface area contributed by atoms with Gasteiger partial charge < -0.3 is 30.6 Å². The summed E-state index contributed by atoms with van der Waals surface area (Å²) in [6.07, 6.45) is -1.19. The monoisotopic (exact) mass is 481 g/mol. The maximum absolute atomic E-state index is 13.5. The highest BCUT2D eigenvalue weighted by Crippen LogP contribution is 2.34. The lowest BCUT2D eigenvalue weighted by atomic mass is 10.0. The van der Waals surface area contributed by atoms with Crippen LogP contribution in [0.4, 0.5) is 0 Å². The van der Waals surface area contributed by atoms with E-state index in [4.69, 9.17) is 25.7 Å². The highest BCUT2D eigenvalue weighted by molar-refractivity contribution is 5.95. The topological polar surface area (TPSA) is 134 Å². The fourth-order valence-electron chi connectivity index (χ4n) is 4.38. The molecule has 2 fully saturated rings. The van der Waals surface area contributed by atoms with Gasteiger partial charge in [0.05, 0.1) is 6.04 Å². The van der Waals surface area contributed by atoms with Crippen molar-refractivity contribution in [2.75, 3.05) is 6.54 Å². The summed E-state index contributed by atoms with van der Waals surface area (Å²) in [4.78, 5) is 40.3. The molecule has 2 aliphatic rings. The first-order valence-corrected chi connectivity index (χ1v) is 11.9. The molecule has 4 N–H and O–H groups in total. The molecule has 0 spiro atoms. The fraction of sp³-hybridized carbons (Fsp3) is 0.423. The summed E-state index contributed by atoms with van der Waals surface area (Å²) in [5.74, 6) is -2.21. The third-order valence-electron chi connectivity index (χ3n) is 6.27. The van der Waals surface area contributed by atoms with Crippen LogP contribution in [-0.2, 0) is 41.6 Å². The summed E-state index contributed by atoms with van der Waals surface area (Å²) >= 11 is 0. The van der Waals surface area contributed by atoms with Gasteiger partial charge >= 0.3 is 11.9 Å². The molecule has 0 aliphatic carbocycles. The van der Waals surface area contributed by atoms with Gasteiger partial charge in [-0.2, -0.15) is 0 Å². The molecular formula is C26H31N3O6. The summed E-state index contributed by atoms with van der Waals surface area (Å²) in [6.45, 7) is 0.826. The van der Waals surface area contributed by atoms with Gasteiger partial charge in [0.1, 0.15) is 6.04 Å². The van der Waals surface area contributed by atoms with E-state index in [1.54, 1.807) is 4.90 Å². The molecular weight excluding hydrogens is 450 g/mol. The Bertz CT molecular complexity index is 1020. The van der Waals surface area contributed by atoms with Crippen molar-refractivity contribution in [2.45, 2.75) is 62.8 Å². The van der Waals surface area contributed by atoms with E-state index in [9.17, 15) is 14.4 Å². The van der Waals surface area contributed by atoms with Gasteiger partial charge in [0, 0.05) is 6.54 Å². The summed E-state index contributed by atoms with van der Waals surface area (Å²) < 4.78 is 16.7. The summed E-state index contributed by atoms with van der Waals surface area (Å²) in [5.41, 5.74) is 13.2. The Morgan fingerprint density at radius 3 is 2.29 bits per heavy atom. The Morgan fingerprint density at radius 2 is 1.63 bits per heavy atom. The Balaban J connectivity index is 1.49. The fourth-order valence-corrected chi connectivity index (χ4v) is 4.38. The molecule has 9 heteroatoms. The third kappa shape index (κ3) is 5.94. The predicted octanol–water partition coefficient (Wildman–Crippen LogP) is 1.28. The van der Waals surface area contributed by atoms with Crippen molar-refractivity contribution in [1.82, 2.24) is 4.90 Å². The molecule has 2 aromatic carbocycles. The number of carbonyl (C=O) groups excluding carboxylic acids is 3. The van der Waals surface area contributed by atoms with E-state index in [0.29, 0.717) is 38.8 Å². The molecule has 2 saturated heterocycles. The van der Waals surface area contributed by atoms with Crippen molar-refractivity contribution in [3.8, 4) is 0 Å². The molecule has 0 aromatic heterocycles. The zero-order valence-electron chi connectivity index (χ0n) is 19.5. The molecule has 4 rings (SSSR count). The Kier molecular flexibility index (Phi) is 8.25. The van der Waals surface area contributed by atoms with Crippen LogP contribution in [0, 0.1) is 0 Å². The van der Waals surface area contributed by atoms with Gasteiger partial charge in [-0.1, -0.05) is 67.1 Å². The molecule has 5 atom stereocenters. The predicted molar refractivity (Wildman–Crippen MR) is 126 cm³/mol. The molecule has 0 radical (unpaired) electrons. The molecule has 2 bridgehead atoms. The molecule has 0 unspecified atom stereocenters. The number of carbonyl (C=O) groups is 3. The normalized spacial score (nSPS) is 24.3. The first kappa shape index (κ1) is 25.0. The molecule has 1 amide bonds. The van der Waals surface area contributed by atoms with Gasteiger partial charge in [-0.15, -0.1) is 0 Å². The molecule has 2 aliphatic heterocycles. The van der Waals surface area contributed by atoms with Crippen LogP contribution in [0.15, 0.2) is 60.7 Å². The van der Waals surface area contributed by atoms with Gasteiger partial charge in [0.15, 0.2) is 18.5 Å². The van der Waals surface area contributed by atoms with Crippen molar-refractivity contribution >= 4 is 17.8 Å². The Labute approximate surface area is 204 Å². The van der Waals surface area contributed by atoms with Crippen molar-refractivity contribution in [3.05, 3.63) is 71.8 Å². The number of nitrogens with zero attached hydrogens (tertiary/aromatic N) is 1. The largest absolute Gasteiger partial charge is 0.390 e. The number of benzene rings is 2. The number of unbranched alkanes of at least 4 members (excludes halogenated alkanes) is 1. The van der Waals surface area contributed by atoms with Gasteiger partial charge in [-0.25, -0.2) is 9.59 Å². The quantitative estimate of drug-likeness (QED) is 0.294. The van der Waals surface area contributed by atoms with Crippen LogP contribution >= 0.6 is 0 Å². The minimum atomic E-state index is -1.34. The lowest BCUT2D eigenvalue weighted by Crippen LogP contribution is -2.56. The molecule has 2 heterocycles.